The maximum atomic E-state index is 10.5. The second-order valence-corrected chi connectivity index (χ2v) is 3.19. The van der Waals surface area contributed by atoms with Crippen LogP contribution >= 0.6 is 0 Å². The molecule has 0 aromatic heterocycles. The van der Waals surface area contributed by atoms with Crippen LogP contribution in [-0.2, 0) is 11.1 Å². The van der Waals surface area contributed by atoms with Crippen LogP contribution in [0.5, 0.6) is 0 Å². The second kappa shape index (κ2) is 5.95. The van der Waals surface area contributed by atoms with E-state index in [4.69, 9.17) is 5.26 Å². The number of nitro benzene ring substituents is 1. The summed E-state index contributed by atoms with van der Waals surface area (Å²) in [5.41, 5.74) is -0.539. The van der Waals surface area contributed by atoms with E-state index in [2.05, 4.69) is 0 Å². The van der Waals surface area contributed by atoms with Gasteiger partial charge in [0.05, 0.1) is 10.5 Å². The van der Waals surface area contributed by atoms with Crippen LogP contribution in [0.15, 0.2) is 23.1 Å². The van der Waals surface area contributed by atoms with Gasteiger partial charge < -0.3 is 4.55 Å². The van der Waals surface area contributed by atoms with Crippen LogP contribution in [0.25, 0.3) is 0 Å². The zero-order chi connectivity index (χ0) is 10.7. The Morgan fingerprint density at radius 2 is 2.07 bits per heavy atom. The van der Waals surface area contributed by atoms with Crippen molar-refractivity contribution in [1.82, 2.24) is 0 Å². The van der Waals surface area contributed by atoms with Crippen molar-refractivity contribution in [3.63, 3.8) is 0 Å². The van der Waals surface area contributed by atoms with Crippen molar-refractivity contribution in [3.05, 3.63) is 33.9 Å². The van der Waals surface area contributed by atoms with Crippen LogP contribution in [0, 0.1) is 21.4 Å². The monoisotopic (exact) mass is 234 g/mol. The van der Waals surface area contributed by atoms with Crippen LogP contribution < -0.4 is 29.6 Å². The average molecular weight is 234 g/mol. The van der Waals surface area contributed by atoms with Crippen LogP contribution in [-0.4, -0.2) is 13.7 Å². The zero-order valence-electron chi connectivity index (χ0n) is 7.67. The zero-order valence-corrected chi connectivity index (χ0v) is 10.5. The Bertz CT molecular complexity index is 457. The molecule has 0 aliphatic heterocycles. The Kier molecular flexibility index (Phi) is 5.64. The smallest absolute Gasteiger partial charge is 0.768 e. The Hall–Kier alpha value is -0.780. The summed E-state index contributed by atoms with van der Waals surface area (Å²) in [5, 5.41) is 18.8. The number of rotatable bonds is 2. The van der Waals surface area contributed by atoms with Gasteiger partial charge in [-0.15, -0.1) is 0 Å². The van der Waals surface area contributed by atoms with Crippen LogP contribution in [0.1, 0.15) is 5.56 Å². The first-order valence-electron chi connectivity index (χ1n) is 3.34. The molecule has 0 N–H and O–H groups in total. The summed E-state index contributed by atoms with van der Waals surface area (Å²) in [4.78, 5) is 9.36. The fourth-order valence-electron chi connectivity index (χ4n) is 0.864. The minimum absolute atomic E-state index is 0. The molecule has 0 fully saturated rings. The first-order valence-corrected chi connectivity index (χ1v) is 4.41. The van der Waals surface area contributed by atoms with Gasteiger partial charge in [-0.25, -0.2) is 0 Å². The van der Waals surface area contributed by atoms with Gasteiger partial charge in [-0.3, -0.25) is 14.3 Å². The molecule has 15 heavy (non-hydrogen) atoms. The molecule has 0 aliphatic rings. The molecule has 72 valence electrons. The van der Waals surface area contributed by atoms with Gasteiger partial charge in [0.15, 0.2) is 0 Å². The predicted octanol–water partition coefficient (Wildman–Crippen LogP) is -2.29. The molecular weight excluding hydrogens is 231 g/mol. The Labute approximate surface area is 110 Å². The largest absolute Gasteiger partial charge is 1.00 e. The molecule has 0 heterocycles. The summed E-state index contributed by atoms with van der Waals surface area (Å²) < 4.78 is 21.1. The van der Waals surface area contributed by atoms with Crippen LogP contribution in [0.2, 0.25) is 0 Å². The maximum absolute atomic E-state index is 10.5. The van der Waals surface area contributed by atoms with E-state index in [-0.39, 0.29) is 45.7 Å². The number of benzene rings is 1. The Morgan fingerprint density at radius 1 is 1.47 bits per heavy atom. The summed E-state index contributed by atoms with van der Waals surface area (Å²) in [7, 11) is 0. The number of nitriles is 1. The minimum Gasteiger partial charge on any atom is -0.768 e. The fourth-order valence-corrected chi connectivity index (χ4v) is 1.33. The number of hydrogen-bond donors (Lipinski definition) is 0. The third-order valence-electron chi connectivity index (χ3n) is 1.47. The van der Waals surface area contributed by atoms with Gasteiger partial charge >= 0.3 is 29.6 Å². The van der Waals surface area contributed by atoms with Gasteiger partial charge in [-0.1, -0.05) is 0 Å². The quantitative estimate of drug-likeness (QED) is 0.248. The third-order valence-corrected chi connectivity index (χ3v) is 2.19. The number of hydrogen-bond acceptors (Lipinski definition) is 5. The Balaban J connectivity index is 0.00000196. The van der Waals surface area contributed by atoms with Crippen molar-refractivity contribution in [1.29, 1.82) is 5.26 Å². The summed E-state index contributed by atoms with van der Waals surface area (Å²) in [6.45, 7) is 0. The summed E-state index contributed by atoms with van der Waals surface area (Å²) in [6, 6.07) is 4.56. The molecular formula is C7H3N2NaO4S. The van der Waals surface area contributed by atoms with Crippen LogP contribution in [0.3, 0.4) is 0 Å². The van der Waals surface area contributed by atoms with E-state index in [1.807, 2.05) is 0 Å². The first kappa shape index (κ1) is 14.2. The van der Waals surface area contributed by atoms with E-state index in [1.165, 1.54) is 0 Å². The van der Waals surface area contributed by atoms with Crippen molar-refractivity contribution in [2.24, 2.45) is 0 Å². The van der Waals surface area contributed by atoms with Gasteiger partial charge in [0.2, 0.25) is 0 Å². The van der Waals surface area contributed by atoms with Gasteiger partial charge in [-0.05, 0) is 17.1 Å². The first-order chi connectivity index (χ1) is 6.56. The molecule has 0 saturated heterocycles. The van der Waals surface area contributed by atoms with Crippen molar-refractivity contribution >= 4 is 16.8 Å². The van der Waals surface area contributed by atoms with Gasteiger partial charge in [0.25, 0.3) is 5.69 Å². The SMILES string of the molecule is N#Cc1cc([N+](=O)[O-])ccc1S(=O)[O-].[Na+]. The molecule has 1 rings (SSSR count). The van der Waals surface area contributed by atoms with E-state index < -0.39 is 16.0 Å². The van der Waals surface area contributed by atoms with Gasteiger partial charge in [0.1, 0.15) is 6.07 Å². The minimum atomic E-state index is -2.56. The number of nitro groups is 1. The maximum Gasteiger partial charge on any atom is 1.00 e. The summed E-state index contributed by atoms with van der Waals surface area (Å²) >= 11 is -2.56. The number of nitrogens with zero attached hydrogens (tertiary/aromatic N) is 2. The molecule has 1 aromatic rings. The summed E-state index contributed by atoms with van der Waals surface area (Å²) in [6.07, 6.45) is 0. The molecule has 1 aromatic carbocycles. The van der Waals surface area contributed by atoms with E-state index in [0.717, 1.165) is 18.2 Å². The molecule has 0 radical (unpaired) electrons. The van der Waals surface area contributed by atoms with Crippen molar-refractivity contribution < 1.29 is 43.2 Å². The molecule has 0 amide bonds. The average Bonchev–Trinajstić information content (AvgIpc) is 2.16. The van der Waals surface area contributed by atoms with Gasteiger partial charge in [-0.2, -0.15) is 5.26 Å². The molecule has 8 heteroatoms. The van der Waals surface area contributed by atoms with E-state index in [1.54, 1.807) is 6.07 Å². The Morgan fingerprint density at radius 3 is 2.47 bits per heavy atom. The molecule has 1 atom stereocenters. The third kappa shape index (κ3) is 3.37. The molecule has 6 nitrogen and oxygen atoms in total. The van der Waals surface area contributed by atoms with Crippen molar-refractivity contribution in [3.8, 4) is 6.07 Å². The number of non-ortho nitro benzene ring substituents is 1. The van der Waals surface area contributed by atoms with E-state index >= 15 is 0 Å². The molecule has 0 saturated carbocycles. The topological polar surface area (TPSA) is 107 Å². The van der Waals surface area contributed by atoms with Crippen molar-refractivity contribution in [2.75, 3.05) is 0 Å². The van der Waals surface area contributed by atoms with Crippen LogP contribution in [0.4, 0.5) is 5.69 Å². The molecule has 1 unspecified atom stereocenters. The molecule has 0 aliphatic carbocycles. The van der Waals surface area contributed by atoms with Crippen molar-refractivity contribution in [2.45, 2.75) is 4.90 Å². The van der Waals surface area contributed by atoms with E-state index in [0.29, 0.717) is 0 Å². The normalized spacial score (nSPS) is 10.9. The standard InChI is InChI=1S/C7H4N2O4S.Na/c8-4-5-3-6(9(10)11)1-2-7(5)14(12)13;/h1-3H,(H,12,13);/q;+1/p-1. The molecule has 0 spiro atoms. The second-order valence-electron chi connectivity index (χ2n) is 2.28. The fraction of sp³-hybridized carbons (Fsp3) is 0. The van der Waals surface area contributed by atoms with E-state index in [9.17, 15) is 18.9 Å². The predicted molar refractivity (Wildman–Crippen MR) is 45.0 cm³/mol. The molecule has 0 bridgehead atoms. The van der Waals surface area contributed by atoms with Gasteiger partial charge in [0, 0.05) is 17.0 Å². The summed E-state index contributed by atoms with van der Waals surface area (Å²) in [5.74, 6) is 0.